The zero-order valence-corrected chi connectivity index (χ0v) is 23.1. The smallest absolute Gasteiger partial charge is 0.348 e. The van der Waals surface area contributed by atoms with Crippen molar-refractivity contribution in [3.05, 3.63) is 39.8 Å². The SMILES string of the molecule is Cc1ccc(OC2CCC(N(C(=O)C3CCC(C)CC3)c3cc(C(C)(C)C)sc3C(=O)O)CC2)cn1. The van der Waals surface area contributed by atoms with Gasteiger partial charge in [-0.3, -0.25) is 9.78 Å². The molecule has 4 rings (SSSR count). The minimum atomic E-state index is -0.954. The van der Waals surface area contributed by atoms with Gasteiger partial charge in [-0.05, 0) is 87.8 Å². The quantitative estimate of drug-likeness (QED) is 0.451. The van der Waals surface area contributed by atoms with Crippen molar-refractivity contribution < 1.29 is 19.4 Å². The zero-order chi connectivity index (χ0) is 26.0. The number of amides is 1. The van der Waals surface area contributed by atoms with Crippen LogP contribution in [0.1, 0.15) is 99.3 Å². The predicted octanol–water partition coefficient (Wildman–Crippen LogP) is 7.00. The first-order valence-electron chi connectivity index (χ1n) is 13.3. The molecule has 0 radical (unpaired) electrons. The fourth-order valence-corrected chi connectivity index (χ4v) is 6.47. The van der Waals surface area contributed by atoms with Gasteiger partial charge in [0.15, 0.2) is 0 Å². The number of aromatic carboxylic acids is 1. The molecule has 2 aromatic rings. The van der Waals surface area contributed by atoms with Gasteiger partial charge in [0, 0.05) is 22.5 Å². The molecule has 7 heteroatoms. The lowest BCUT2D eigenvalue weighted by atomic mass is 9.81. The Bertz CT molecular complexity index is 1060. The molecule has 2 aliphatic carbocycles. The standard InChI is InChI=1S/C29H40N2O4S/c1-18-6-9-20(10-7-18)27(32)31(24-16-25(29(3,4)5)36-26(24)28(33)34)21-11-14-22(15-12-21)35-23-13-8-19(2)30-17-23/h8,13,16-18,20-22H,6-7,9-12,14-15H2,1-5H3,(H,33,34). The van der Waals surface area contributed by atoms with Crippen LogP contribution in [0.3, 0.4) is 0 Å². The number of aryl methyl sites for hydroxylation is 1. The van der Waals surface area contributed by atoms with E-state index in [-0.39, 0.29) is 34.3 Å². The summed E-state index contributed by atoms with van der Waals surface area (Å²) in [4.78, 5) is 33.8. The lowest BCUT2D eigenvalue weighted by molar-refractivity contribution is -0.124. The molecular formula is C29H40N2O4S. The van der Waals surface area contributed by atoms with Gasteiger partial charge < -0.3 is 14.7 Å². The van der Waals surface area contributed by atoms with E-state index in [1.807, 2.05) is 30.0 Å². The fourth-order valence-electron chi connectivity index (χ4n) is 5.42. The van der Waals surface area contributed by atoms with E-state index >= 15 is 0 Å². The number of carboxylic acid groups (broad SMARTS) is 1. The van der Waals surface area contributed by atoms with E-state index in [4.69, 9.17) is 4.74 Å². The molecular weight excluding hydrogens is 472 g/mol. The Morgan fingerprint density at radius 2 is 1.72 bits per heavy atom. The van der Waals surface area contributed by atoms with Gasteiger partial charge >= 0.3 is 5.97 Å². The lowest BCUT2D eigenvalue weighted by Crippen LogP contribution is -2.47. The Morgan fingerprint density at radius 1 is 1.06 bits per heavy atom. The maximum absolute atomic E-state index is 14.0. The number of carboxylic acids is 1. The van der Waals surface area contributed by atoms with Gasteiger partial charge in [0.2, 0.25) is 5.91 Å². The normalized spacial score (nSPS) is 24.8. The van der Waals surface area contributed by atoms with Crippen LogP contribution in [0.25, 0.3) is 0 Å². The van der Waals surface area contributed by atoms with Gasteiger partial charge in [-0.25, -0.2) is 4.79 Å². The van der Waals surface area contributed by atoms with Crippen molar-refractivity contribution in [1.82, 2.24) is 4.98 Å². The second kappa shape index (κ2) is 10.9. The molecule has 0 aromatic carbocycles. The fraction of sp³-hybridized carbons (Fsp3) is 0.621. The molecule has 0 aliphatic heterocycles. The Labute approximate surface area is 219 Å². The third-order valence-corrected chi connectivity index (χ3v) is 9.24. The minimum absolute atomic E-state index is 0.0200. The molecule has 2 aliphatic rings. The third kappa shape index (κ3) is 6.10. The summed E-state index contributed by atoms with van der Waals surface area (Å²) in [7, 11) is 0. The van der Waals surface area contributed by atoms with Gasteiger partial charge in [0.05, 0.1) is 18.0 Å². The van der Waals surface area contributed by atoms with Crippen molar-refractivity contribution >= 4 is 28.9 Å². The minimum Gasteiger partial charge on any atom is -0.489 e. The highest BCUT2D eigenvalue weighted by Crippen LogP contribution is 2.42. The van der Waals surface area contributed by atoms with Crippen molar-refractivity contribution in [3.8, 4) is 5.75 Å². The number of rotatable bonds is 6. The van der Waals surface area contributed by atoms with Crippen LogP contribution >= 0.6 is 11.3 Å². The number of hydrogen-bond acceptors (Lipinski definition) is 5. The predicted molar refractivity (Wildman–Crippen MR) is 144 cm³/mol. The zero-order valence-electron chi connectivity index (χ0n) is 22.3. The number of pyridine rings is 1. The van der Waals surface area contributed by atoms with Crippen LogP contribution in [-0.4, -0.2) is 34.1 Å². The van der Waals surface area contributed by atoms with Crippen LogP contribution in [0, 0.1) is 18.8 Å². The summed E-state index contributed by atoms with van der Waals surface area (Å²) in [6, 6.07) is 5.85. The van der Waals surface area contributed by atoms with Crippen molar-refractivity contribution in [2.75, 3.05) is 4.90 Å². The Kier molecular flexibility index (Phi) is 8.08. The van der Waals surface area contributed by atoms with E-state index in [1.54, 1.807) is 6.20 Å². The number of carbonyl (C=O) groups is 2. The average Bonchev–Trinajstić information content (AvgIpc) is 3.28. The summed E-state index contributed by atoms with van der Waals surface area (Å²) in [6.07, 6.45) is 8.94. The van der Waals surface area contributed by atoms with Crippen molar-refractivity contribution in [2.24, 2.45) is 11.8 Å². The first kappa shape index (κ1) is 26.6. The monoisotopic (exact) mass is 512 g/mol. The highest BCUT2D eigenvalue weighted by atomic mass is 32.1. The number of carbonyl (C=O) groups excluding carboxylic acids is 1. The second-order valence-corrected chi connectivity index (χ2v) is 12.8. The van der Waals surface area contributed by atoms with E-state index in [0.717, 1.165) is 67.7 Å². The maximum Gasteiger partial charge on any atom is 0.348 e. The van der Waals surface area contributed by atoms with Gasteiger partial charge in [-0.2, -0.15) is 0 Å². The summed E-state index contributed by atoms with van der Waals surface area (Å²) >= 11 is 1.31. The largest absolute Gasteiger partial charge is 0.489 e. The van der Waals surface area contributed by atoms with Crippen LogP contribution in [0.5, 0.6) is 5.75 Å². The average molecular weight is 513 g/mol. The molecule has 0 atom stereocenters. The first-order valence-corrected chi connectivity index (χ1v) is 14.1. The van der Waals surface area contributed by atoms with Gasteiger partial charge in [0.1, 0.15) is 10.6 Å². The highest BCUT2D eigenvalue weighted by molar-refractivity contribution is 7.14. The Balaban J connectivity index is 1.59. The lowest BCUT2D eigenvalue weighted by Gasteiger charge is -2.39. The van der Waals surface area contributed by atoms with E-state index in [2.05, 4.69) is 32.7 Å². The Hall–Kier alpha value is -2.41. The van der Waals surface area contributed by atoms with Crippen LogP contribution in [-0.2, 0) is 10.2 Å². The summed E-state index contributed by atoms with van der Waals surface area (Å²) in [5, 5.41) is 10.1. The molecule has 0 bridgehead atoms. The van der Waals surface area contributed by atoms with Crippen LogP contribution in [0.15, 0.2) is 24.4 Å². The topological polar surface area (TPSA) is 79.7 Å². The van der Waals surface area contributed by atoms with Crippen LogP contribution in [0.2, 0.25) is 0 Å². The molecule has 36 heavy (non-hydrogen) atoms. The van der Waals surface area contributed by atoms with E-state index in [1.165, 1.54) is 11.3 Å². The molecule has 0 spiro atoms. The summed E-state index contributed by atoms with van der Waals surface area (Å²) in [6.45, 7) is 10.5. The Morgan fingerprint density at radius 3 is 2.28 bits per heavy atom. The number of hydrogen-bond donors (Lipinski definition) is 1. The number of thiophene rings is 1. The number of anilines is 1. The second-order valence-electron chi connectivity index (χ2n) is 11.7. The molecule has 196 valence electrons. The van der Waals surface area contributed by atoms with Crippen LogP contribution < -0.4 is 9.64 Å². The molecule has 1 N–H and O–H groups in total. The van der Waals surface area contributed by atoms with E-state index in [9.17, 15) is 14.7 Å². The van der Waals surface area contributed by atoms with Crippen molar-refractivity contribution in [3.63, 3.8) is 0 Å². The number of nitrogens with zero attached hydrogens (tertiary/aromatic N) is 2. The molecule has 0 unspecified atom stereocenters. The van der Waals surface area contributed by atoms with Gasteiger partial charge in [-0.1, -0.05) is 27.7 Å². The van der Waals surface area contributed by atoms with Gasteiger partial charge in [0.25, 0.3) is 0 Å². The molecule has 0 saturated heterocycles. The van der Waals surface area contributed by atoms with E-state index in [0.29, 0.717) is 11.6 Å². The van der Waals surface area contributed by atoms with Crippen LogP contribution in [0.4, 0.5) is 5.69 Å². The first-order chi connectivity index (χ1) is 17.0. The number of ether oxygens (including phenoxy) is 1. The summed E-state index contributed by atoms with van der Waals surface area (Å²) in [5.41, 5.74) is 1.36. The van der Waals surface area contributed by atoms with Crippen molar-refractivity contribution in [2.45, 2.75) is 104 Å². The highest BCUT2D eigenvalue weighted by Gasteiger charge is 2.38. The molecule has 1 amide bonds. The summed E-state index contributed by atoms with van der Waals surface area (Å²) < 4.78 is 6.19. The molecule has 2 fully saturated rings. The van der Waals surface area contributed by atoms with Gasteiger partial charge in [-0.15, -0.1) is 11.3 Å². The van der Waals surface area contributed by atoms with Crippen molar-refractivity contribution in [1.29, 1.82) is 0 Å². The molecule has 6 nitrogen and oxygen atoms in total. The molecule has 2 aromatic heterocycles. The molecule has 2 heterocycles. The summed E-state index contributed by atoms with van der Waals surface area (Å²) in [5.74, 6) is 0.538. The number of aromatic nitrogens is 1. The maximum atomic E-state index is 14.0. The van der Waals surface area contributed by atoms with E-state index < -0.39 is 5.97 Å². The molecule has 2 saturated carbocycles. The third-order valence-electron chi connectivity index (χ3n) is 7.70.